The second-order valence-corrected chi connectivity index (χ2v) is 4.78. The van der Waals surface area contributed by atoms with E-state index in [1.807, 2.05) is 0 Å². The lowest BCUT2D eigenvalue weighted by molar-refractivity contribution is 0.176. The predicted octanol–water partition coefficient (Wildman–Crippen LogP) is 1.75. The summed E-state index contributed by atoms with van der Waals surface area (Å²) in [5, 5.41) is 23.8. The topological polar surface area (TPSA) is 98.8 Å². The summed E-state index contributed by atoms with van der Waals surface area (Å²) in [6, 6.07) is 0. The van der Waals surface area contributed by atoms with Crippen LogP contribution < -0.4 is 10.6 Å². The van der Waals surface area contributed by atoms with Crippen molar-refractivity contribution in [1.29, 1.82) is 0 Å². The first-order valence-electron chi connectivity index (χ1n) is 7.11. The molecule has 1 unspecified atom stereocenters. The molecule has 0 radical (unpaired) electrons. The lowest BCUT2D eigenvalue weighted by Gasteiger charge is -2.12. The highest BCUT2D eigenvalue weighted by Gasteiger charge is 2.10. The number of fused-ring (bicyclic) bond motifs is 1. The van der Waals surface area contributed by atoms with Gasteiger partial charge in [0.05, 0.1) is 17.7 Å². The van der Waals surface area contributed by atoms with Crippen molar-refractivity contribution >= 4 is 22.8 Å². The van der Waals surface area contributed by atoms with Crippen molar-refractivity contribution in [3.63, 3.8) is 0 Å². The summed E-state index contributed by atoms with van der Waals surface area (Å²) in [7, 11) is 0. The van der Waals surface area contributed by atoms with Gasteiger partial charge < -0.3 is 15.7 Å². The van der Waals surface area contributed by atoms with E-state index in [2.05, 4.69) is 44.6 Å². The number of aliphatic hydroxyl groups is 1. The molecule has 0 fully saturated rings. The maximum atomic E-state index is 9.80. The molecule has 2 rings (SSSR count). The number of aromatic nitrogens is 4. The molecule has 0 saturated heterocycles. The van der Waals surface area contributed by atoms with E-state index in [9.17, 15) is 5.11 Å². The van der Waals surface area contributed by atoms with Gasteiger partial charge in [0, 0.05) is 13.1 Å². The molecule has 20 heavy (non-hydrogen) atoms. The first-order valence-corrected chi connectivity index (χ1v) is 7.11. The standard InChI is InChI=1S/C13H22N6O/c1-3-5-9(20)7-15-11-10-8-16-19-12(10)18-13(17-11)14-6-4-2/h8-9,20H,3-7H2,1-2H3,(H3,14,15,16,17,18,19). The van der Waals surface area contributed by atoms with Gasteiger partial charge in [-0.2, -0.15) is 15.1 Å². The van der Waals surface area contributed by atoms with Gasteiger partial charge in [0.1, 0.15) is 5.82 Å². The van der Waals surface area contributed by atoms with Crippen LogP contribution in [0, 0.1) is 0 Å². The van der Waals surface area contributed by atoms with Crippen LogP contribution in [0.25, 0.3) is 11.0 Å². The van der Waals surface area contributed by atoms with Crippen LogP contribution in [-0.4, -0.2) is 44.5 Å². The number of nitrogens with zero attached hydrogens (tertiary/aromatic N) is 3. The Labute approximate surface area is 118 Å². The van der Waals surface area contributed by atoms with E-state index in [4.69, 9.17) is 0 Å². The summed E-state index contributed by atoms with van der Waals surface area (Å²) in [6.45, 7) is 5.42. The zero-order valence-electron chi connectivity index (χ0n) is 12.0. The van der Waals surface area contributed by atoms with Crippen LogP contribution in [-0.2, 0) is 0 Å². The Balaban J connectivity index is 2.14. The molecule has 110 valence electrons. The predicted molar refractivity (Wildman–Crippen MR) is 79.9 cm³/mol. The van der Waals surface area contributed by atoms with E-state index in [0.29, 0.717) is 24.0 Å². The molecule has 0 spiro atoms. The normalized spacial score (nSPS) is 12.6. The van der Waals surface area contributed by atoms with Crippen LogP contribution in [0.1, 0.15) is 33.1 Å². The summed E-state index contributed by atoms with van der Waals surface area (Å²) < 4.78 is 0. The molecule has 7 nitrogen and oxygen atoms in total. The van der Waals surface area contributed by atoms with E-state index in [1.54, 1.807) is 6.20 Å². The first-order chi connectivity index (χ1) is 9.74. The molecule has 2 heterocycles. The largest absolute Gasteiger partial charge is 0.391 e. The number of hydrogen-bond acceptors (Lipinski definition) is 6. The van der Waals surface area contributed by atoms with E-state index < -0.39 is 0 Å². The van der Waals surface area contributed by atoms with Crippen LogP contribution in [0.5, 0.6) is 0 Å². The summed E-state index contributed by atoms with van der Waals surface area (Å²) >= 11 is 0. The van der Waals surface area contributed by atoms with E-state index in [1.165, 1.54) is 0 Å². The minimum absolute atomic E-state index is 0.371. The molecule has 7 heteroatoms. The number of nitrogens with one attached hydrogen (secondary N) is 3. The minimum atomic E-state index is -0.371. The molecule has 2 aromatic heterocycles. The molecule has 0 amide bonds. The number of aliphatic hydroxyl groups excluding tert-OH is 1. The fraction of sp³-hybridized carbons (Fsp3) is 0.615. The number of anilines is 2. The van der Waals surface area contributed by atoms with Crippen LogP contribution in [0.3, 0.4) is 0 Å². The van der Waals surface area contributed by atoms with E-state index in [-0.39, 0.29) is 6.10 Å². The summed E-state index contributed by atoms with van der Waals surface area (Å²) in [6.07, 6.45) is 4.05. The molecular weight excluding hydrogens is 256 g/mol. The summed E-state index contributed by atoms with van der Waals surface area (Å²) in [5.41, 5.74) is 0.686. The van der Waals surface area contributed by atoms with Crippen LogP contribution in [0.4, 0.5) is 11.8 Å². The van der Waals surface area contributed by atoms with Crippen molar-refractivity contribution in [2.75, 3.05) is 23.7 Å². The van der Waals surface area contributed by atoms with Crippen molar-refractivity contribution < 1.29 is 5.11 Å². The molecule has 0 aliphatic rings. The molecule has 0 aliphatic heterocycles. The third-order valence-electron chi connectivity index (χ3n) is 2.97. The maximum Gasteiger partial charge on any atom is 0.226 e. The first kappa shape index (κ1) is 14.5. The van der Waals surface area contributed by atoms with Gasteiger partial charge in [-0.3, -0.25) is 5.10 Å². The van der Waals surface area contributed by atoms with Gasteiger partial charge in [-0.05, 0) is 12.8 Å². The number of hydrogen-bond donors (Lipinski definition) is 4. The third-order valence-corrected chi connectivity index (χ3v) is 2.97. The second-order valence-electron chi connectivity index (χ2n) is 4.78. The molecule has 0 saturated carbocycles. The van der Waals surface area contributed by atoms with Crippen LogP contribution >= 0.6 is 0 Å². The van der Waals surface area contributed by atoms with Gasteiger partial charge in [0.15, 0.2) is 5.65 Å². The molecule has 0 aromatic carbocycles. The van der Waals surface area contributed by atoms with Gasteiger partial charge in [0.25, 0.3) is 0 Å². The third kappa shape index (κ3) is 3.57. The monoisotopic (exact) mass is 278 g/mol. The second kappa shape index (κ2) is 7.04. The molecule has 2 aromatic rings. The highest BCUT2D eigenvalue weighted by Crippen LogP contribution is 2.20. The Morgan fingerprint density at radius 2 is 2.10 bits per heavy atom. The fourth-order valence-corrected chi connectivity index (χ4v) is 1.94. The van der Waals surface area contributed by atoms with Gasteiger partial charge in [-0.1, -0.05) is 20.3 Å². The Kier molecular flexibility index (Phi) is 5.11. The van der Waals surface area contributed by atoms with E-state index in [0.717, 1.165) is 31.2 Å². The Bertz CT molecular complexity index is 541. The zero-order chi connectivity index (χ0) is 14.4. The zero-order valence-corrected chi connectivity index (χ0v) is 12.0. The molecule has 4 N–H and O–H groups in total. The highest BCUT2D eigenvalue weighted by atomic mass is 16.3. The number of aromatic amines is 1. The molecular formula is C13H22N6O. The van der Waals surface area contributed by atoms with Crippen LogP contribution in [0.15, 0.2) is 6.20 Å². The van der Waals surface area contributed by atoms with Crippen LogP contribution in [0.2, 0.25) is 0 Å². The average Bonchev–Trinajstić information content (AvgIpc) is 2.91. The van der Waals surface area contributed by atoms with Crippen molar-refractivity contribution in [3.8, 4) is 0 Å². The lowest BCUT2D eigenvalue weighted by atomic mass is 10.2. The van der Waals surface area contributed by atoms with Crippen molar-refractivity contribution in [3.05, 3.63) is 6.20 Å². The van der Waals surface area contributed by atoms with E-state index >= 15 is 0 Å². The Morgan fingerprint density at radius 1 is 1.25 bits per heavy atom. The highest BCUT2D eigenvalue weighted by molar-refractivity contribution is 5.86. The Morgan fingerprint density at radius 3 is 2.85 bits per heavy atom. The number of rotatable bonds is 8. The van der Waals surface area contributed by atoms with Gasteiger partial charge in [-0.25, -0.2) is 0 Å². The SMILES string of the molecule is CCCNc1nc(NCC(O)CCC)c2cn[nH]c2n1. The number of H-pyrrole nitrogens is 1. The quantitative estimate of drug-likeness (QED) is 0.587. The van der Waals surface area contributed by atoms with Gasteiger partial charge in [0.2, 0.25) is 5.95 Å². The lowest BCUT2D eigenvalue weighted by Crippen LogP contribution is -2.20. The minimum Gasteiger partial charge on any atom is -0.391 e. The Hall–Kier alpha value is -1.89. The maximum absolute atomic E-state index is 9.80. The molecule has 1 atom stereocenters. The molecule has 0 aliphatic carbocycles. The van der Waals surface area contributed by atoms with Gasteiger partial charge in [-0.15, -0.1) is 0 Å². The average molecular weight is 278 g/mol. The summed E-state index contributed by atoms with van der Waals surface area (Å²) in [4.78, 5) is 8.79. The van der Waals surface area contributed by atoms with Crippen molar-refractivity contribution in [1.82, 2.24) is 20.2 Å². The summed E-state index contributed by atoms with van der Waals surface area (Å²) in [5.74, 6) is 1.26. The van der Waals surface area contributed by atoms with Crippen molar-refractivity contribution in [2.45, 2.75) is 39.2 Å². The van der Waals surface area contributed by atoms with Crippen molar-refractivity contribution in [2.24, 2.45) is 0 Å². The fourth-order valence-electron chi connectivity index (χ4n) is 1.94. The smallest absolute Gasteiger partial charge is 0.226 e. The van der Waals surface area contributed by atoms with Gasteiger partial charge >= 0.3 is 0 Å². The molecule has 0 bridgehead atoms.